The van der Waals surface area contributed by atoms with Crippen molar-refractivity contribution in [2.45, 2.75) is 32.7 Å². The van der Waals surface area contributed by atoms with Crippen molar-refractivity contribution in [2.24, 2.45) is 5.92 Å². The third-order valence-corrected chi connectivity index (χ3v) is 3.32. The number of anilines is 1. The minimum absolute atomic E-state index is 0.606. The number of aromatic nitrogens is 1. The van der Waals surface area contributed by atoms with Crippen molar-refractivity contribution in [3.63, 3.8) is 0 Å². The summed E-state index contributed by atoms with van der Waals surface area (Å²) in [5.41, 5.74) is 6.84. The molecule has 0 radical (unpaired) electrons. The molecular weight excluding hydrogens is 198 g/mol. The smallest absolute Gasteiger partial charge is 0.123 e. The number of likely N-dealkylation sites (tertiary alicyclic amines) is 1. The fraction of sp³-hybridized carbons (Fsp3) is 0.615. The predicted octanol–water partition coefficient (Wildman–Crippen LogP) is 2.29. The van der Waals surface area contributed by atoms with Crippen molar-refractivity contribution in [1.82, 2.24) is 9.88 Å². The molecule has 0 amide bonds. The molecule has 3 nitrogen and oxygen atoms in total. The first-order chi connectivity index (χ1) is 7.78. The zero-order valence-corrected chi connectivity index (χ0v) is 10.0. The SMILES string of the molecule is CCCC1CCN(Cc2ccc(N)nc2)C1. The van der Waals surface area contributed by atoms with Gasteiger partial charge in [-0.15, -0.1) is 0 Å². The van der Waals surface area contributed by atoms with E-state index in [0.717, 1.165) is 12.5 Å². The van der Waals surface area contributed by atoms with E-state index >= 15 is 0 Å². The van der Waals surface area contributed by atoms with Gasteiger partial charge in [0.25, 0.3) is 0 Å². The highest BCUT2D eigenvalue weighted by atomic mass is 15.1. The Morgan fingerprint density at radius 1 is 1.50 bits per heavy atom. The van der Waals surface area contributed by atoms with Gasteiger partial charge in [0.2, 0.25) is 0 Å². The fourth-order valence-electron chi connectivity index (χ4n) is 2.49. The largest absolute Gasteiger partial charge is 0.384 e. The van der Waals surface area contributed by atoms with E-state index in [1.165, 1.54) is 37.9 Å². The summed E-state index contributed by atoms with van der Waals surface area (Å²) in [6.45, 7) is 5.77. The molecule has 0 spiro atoms. The highest BCUT2D eigenvalue weighted by Crippen LogP contribution is 2.22. The molecule has 1 fully saturated rings. The van der Waals surface area contributed by atoms with Crippen LogP contribution in [-0.2, 0) is 6.54 Å². The van der Waals surface area contributed by atoms with E-state index in [2.05, 4.69) is 22.9 Å². The van der Waals surface area contributed by atoms with E-state index < -0.39 is 0 Å². The molecule has 16 heavy (non-hydrogen) atoms. The first-order valence-electron chi connectivity index (χ1n) is 6.20. The van der Waals surface area contributed by atoms with E-state index in [9.17, 15) is 0 Å². The van der Waals surface area contributed by atoms with Gasteiger partial charge in [0.05, 0.1) is 0 Å². The summed E-state index contributed by atoms with van der Waals surface area (Å²) in [4.78, 5) is 6.65. The zero-order valence-electron chi connectivity index (χ0n) is 10.0. The van der Waals surface area contributed by atoms with Gasteiger partial charge in [0.15, 0.2) is 0 Å². The Bertz CT molecular complexity index is 320. The summed E-state index contributed by atoms with van der Waals surface area (Å²) in [7, 11) is 0. The normalized spacial score (nSPS) is 21.4. The van der Waals surface area contributed by atoms with Crippen LogP contribution in [0.25, 0.3) is 0 Å². The van der Waals surface area contributed by atoms with Gasteiger partial charge in [-0.3, -0.25) is 4.90 Å². The molecule has 0 aliphatic carbocycles. The maximum atomic E-state index is 5.57. The summed E-state index contributed by atoms with van der Waals surface area (Å²) in [5, 5.41) is 0. The summed E-state index contributed by atoms with van der Waals surface area (Å²) in [5.74, 6) is 1.51. The lowest BCUT2D eigenvalue weighted by atomic mass is 10.0. The minimum atomic E-state index is 0.606. The van der Waals surface area contributed by atoms with Crippen molar-refractivity contribution in [2.75, 3.05) is 18.8 Å². The van der Waals surface area contributed by atoms with Crippen LogP contribution in [0.4, 0.5) is 5.82 Å². The number of nitrogens with two attached hydrogens (primary N) is 1. The Balaban J connectivity index is 1.84. The second kappa shape index (κ2) is 5.30. The second-order valence-electron chi connectivity index (χ2n) is 4.77. The maximum Gasteiger partial charge on any atom is 0.123 e. The van der Waals surface area contributed by atoms with Crippen LogP contribution in [0.1, 0.15) is 31.7 Å². The second-order valence-corrected chi connectivity index (χ2v) is 4.77. The molecule has 2 rings (SSSR count). The highest BCUT2D eigenvalue weighted by Gasteiger charge is 2.21. The van der Waals surface area contributed by atoms with Crippen LogP contribution in [0.5, 0.6) is 0 Å². The van der Waals surface area contributed by atoms with Gasteiger partial charge in [-0.1, -0.05) is 19.4 Å². The molecule has 0 saturated carbocycles. The zero-order chi connectivity index (χ0) is 11.4. The first-order valence-corrected chi connectivity index (χ1v) is 6.20. The van der Waals surface area contributed by atoms with Crippen LogP contribution < -0.4 is 5.73 Å². The van der Waals surface area contributed by atoms with E-state index in [-0.39, 0.29) is 0 Å². The molecular formula is C13H21N3. The van der Waals surface area contributed by atoms with Crippen molar-refractivity contribution < 1.29 is 0 Å². The van der Waals surface area contributed by atoms with Crippen molar-refractivity contribution in [3.05, 3.63) is 23.9 Å². The molecule has 0 bridgehead atoms. The number of hydrogen-bond acceptors (Lipinski definition) is 3. The number of nitrogen functional groups attached to an aromatic ring is 1. The van der Waals surface area contributed by atoms with Crippen LogP contribution >= 0.6 is 0 Å². The van der Waals surface area contributed by atoms with Gasteiger partial charge in [-0.2, -0.15) is 0 Å². The lowest BCUT2D eigenvalue weighted by molar-refractivity contribution is 0.312. The van der Waals surface area contributed by atoms with Gasteiger partial charge in [-0.25, -0.2) is 4.98 Å². The molecule has 3 heteroatoms. The monoisotopic (exact) mass is 219 g/mol. The average molecular weight is 219 g/mol. The van der Waals surface area contributed by atoms with Crippen LogP contribution in [-0.4, -0.2) is 23.0 Å². The molecule has 1 unspecified atom stereocenters. The lowest BCUT2D eigenvalue weighted by Crippen LogP contribution is -2.20. The molecule has 2 heterocycles. The topological polar surface area (TPSA) is 42.1 Å². The molecule has 88 valence electrons. The van der Waals surface area contributed by atoms with Gasteiger partial charge in [0, 0.05) is 19.3 Å². The Hall–Kier alpha value is -1.09. The lowest BCUT2D eigenvalue weighted by Gasteiger charge is -2.15. The molecule has 1 aromatic heterocycles. The molecule has 0 aromatic carbocycles. The molecule has 1 aliphatic heterocycles. The van der Waals surface area contributed by atoms with Crippen LogP contribution in [0, 0.1) is 5.92 Å². The average Bonchev–Trinajstić information content (AvgIpc) is 2.70. The molecule has 1 aromatic rings. The summed E-state index contributed by atoms with van der Waals surface area (Å²) < 4.78 is 0. The Labute approximate surface area is 97.7 Å². The quantitative estimate of drug-likeness (QED) is 0.844. The third kappa shape index (κ3) is 2.95. The number of hydrogen-bond donors (Lipinski definition) is 1. The van der Waals surface area contributed by atoms with Crippen LogP contribution in [0.3, 0.4) is 0 Å². The van der Waals surface area contributed by atoms with Crippen molar-refractivity contribution in [1.29, 1.82) is 0 Å². The third-order valence-electron chi connectivity index (χ3n) is 3.32. The first kappa shape index (κ1) is 11.4. The standard InChI is InChI=1S/C13H21N3/c1-2-3-11-6-7-16(9-11)10-12-4-5-13(14)15-8-12/h4-5,8,11H,2-3,6-7,9-10H2,1H3,(H2,14,15). The van der Waals surface area contributed by atoms with Crippen LogP contribution in [0.15, 0.2) is 18.3 Å². The Morgan fingerprint density at radius 3 is 3.06 bits per heavy atom. The Kier molecular flexibility index (Phi) is 3.78. The van der Waals surface area contributed by atoms with E-state index in [4.69, 9.17) is 5.73 Å². The number of nitrogens with zero attached hydrogens (tertiary/aromatic N) is 2. The van der Waals surface area contributed by atoms with Crippen molar-refractivity contribution >= 4 is 5.82 Å². The van der Waals surface area contributed by atoms with Gasteiger partial charge in [0.1, 0.15) is 5.82 Å². The number of rotatable bonds is 4. The van der Waals surface area contributed by atoms with E-state index in [1.807, 2.05) is 12.3 Å². The molecule has 2 N–H and O–H groups in total. The molecule has 1 aliphatic rings. The molecule has 1 saturated heterocycles. The van der Waals surface area contributed by atoms with E-state index in [0.29, 0.717) is 5.82 Å². The predicted molar refractivity (Wildman–Crippen MR) is 66.9 cm³/mol. The summed E-state index contributed by atoms with van der Waals surface area (Å²) in [6, 6.07) is 3.96. The van der Waals surface area contributed by atoms with Gasteiger partial charge >= 0.3 is 0 Å². The minimum Gasteiger partial charge on any atom is -0.384 e. The Morgan fingerprint density at radius 2 is 2.38 bits per heavy atom. The summed E-state index contributed by atoms with van der Waals surface area (Å²) in [6.07, 6.45) is 5.93. The van der Waals surface area contributed by atoms with Gasteiger partial charge in [-0.05, 0) is 36.9 Å². The van der Waals surface area contributed by atoms with Gasteiger partial charge < -0.3 is 5.73 Å². The molecule has 1 atom stereocenters. The van der Waals surface area contributed by atoms with Crippen molar-refractivity contribution in [3.8, 4) is 0 Å². The summed E-state index contributed by atoms with van der Waals surface area (Å²) >= 11 is 0. The van der Waals surface area contributed by atoms with E-state index in [1.54, 1.807) is 0 Å². The highest BCUT2D eigenvalue weighted by molar-refractivity contribution is 5.29. The number of pyridine rings is 1. The fourth-order valence-corrected chi connectivity index (χ4v) is 2.49. The van der Waals surface area contributed by atoms with Crippen LogP contribution in [0.2, 0.25) is 0 Å². The maximum absolute atomic E-state index is 5.57.